The van der Waals surface area contributed by atoms with Gasteiger partial charge in [-0.05, 0) is 35.9 Å². The summed E-state index contributed by atoms with van der Waals surface area (Å²) in [5.74, 6) is 1.83. The third kappa shape index (κ3) is 3.11. The monoisotopic (exact) mass is 381 g/mol. The minimum absolute atomic E-state index is 0.260. The quantitative estimate of drug-likeness (QED) is 0.494. The van der Waals surface area contributed by atoms with Gasteiger partial charge in [-0.1, -0.05) is 0 Å². The van der Waals surface area contributed by atoms with Crippen LogP contribution in [0, 0.1) is 0 Å². The molecule has 0 aliphatic heterocycles. The van der Waals surface area contributed by atoms with Gasteiger partial charge < -0.3 is 13.9 Å². The molecule has 7 nitrogen and oxygen atoms in total. The Morgan fingerprint density at radius 1 is 1.22 bits per heavy atom. The topological polar surface area (TPSA) is 78.9 Å². The lowest BCUT2D eigenvalue weighted by atomic mass is 10.2. The standard InChI is InChI=1S/C19H15N3O4S/c1-24-15-6-5-12(8-16(15)25-2)9-21-22-11-20-18-17(19(22)23)13(10-27-18)14-4-3-7-26-14/h3-11H,1-2H3/b21-9-. The lowest BCUT2D eigenvalue weighted by molar-refractivity contribution is 0.355. The Bertz CT molecular complexity index is 1180. The maximum atomic E-state index is 12.9. The minimum atomic E-state index is -0.260. The number of hydrogen-bond donors (Lipinski definition) is 0. The summed E-state index contributed by atoms with van der Waals surface area (Å²) >= 11 is 1.39. The van der Waals surface area contributed by atoms with E-state index in [0.717, 1.165) is 5.56 Å². The third-order valence-corrected chi connectivity index (χ3v) is 4.89. The van der Waals surface area contributed by atoms with Crippen molar-refractivity contribution >= 4 is 27.8 Å². The number of ether oxygens (including phenoxy) is 2. The second-order valence-electron chi connectivity index (χ2n) is 5.56. The molecule has 0 amide bonds. The van der Waals surface area contributed by atoms with E-state index in [2.05, 4.69) is 10.1 Å². The number of methoxy groups -OCH3 is 2. The molecular weight excluding hydrogens is 366 g/mol. The highest BCUT2D eigenvalue weighted by molar-refractivity contribution is 7.17. The molecule has 0 saturated carbocycles. The summed E-state index contributed by atoms with van der Waals surface area (Å²) in [6, 6.07) is 8.96. The van der Waals surface area contributed by atoms with Gasteiger partial charge in [0.15, 0.2) is 11.5 Å². The summed E-state index contributed by atoms with van der Waals surface area (Å²) in [6.45, 7) is 0. The van der Waals surface area contributed by atoms with E-state index >= 15 is 0 Å². The van der Waals surface area contributed by atoms with Gasteiger partial charge in [0, 0.05) is 10.9 Å². The smallest absolute Gasteiger partial charge is 0.283 e. The fraction of sp³-hybridized carbons (Fsp3) is 0.105. The number of rotatable bonds is 5. The van der Waals surface area contributed by atoms with Gasteiger partial charge in [-0.3, -0.25) is 4.79 Å². The average Bonchev–Trinajstić information content (AvgIpc) is 3.37. The van der Waals surface area contributed by atoms with Crippen molar-refractivity contribution in [1.29, 1.82) is 0 Å². The number of fused-ring (bicyclic) bond motifs is 1. The molecule has 0 bridgehead atoms. The number of benzene rings is 1. The van der Waals surface area contributed by atoms with Crippen LogP contribution in [0.3, 0.4) is 0 Å². The zero-order valence-electron chi connectivity index (χ0n) is 14.6. The summed E-state index contributed by atoms with van der Waals surface area (Å²) in [6.07, 6.45) is 4.54. The molecule has 0 N–H and O–H groups in total. The first-order valence-corrected chi connectivity index (χ1v) is 8.88. The van der Waals surface area contributed by atoms with E-state index in [1.807, 2.05) is 17.5 Å². The molecule has 8 heteroatoms. The average molecular weight is 381 g/mol. The first-order chi connectivity index (χ1) is 13.2. The minimum Gasteiger partial charge on any atom is -0.493 e. The molecule has 27 heavy (non-hydrogen) atoms. The summed E-state index contributed by atoms with van der Waals surface area (Å²) in [4.78, 5) is 17.8. The molecule has 3 aromatic heterocycles. The number of thiophene rings is 1. The largest absolute Gasteiger partial charge is 0.493 e. The van der Waals surface area contributed by atoms with E-state index in [4.69, 9.17) is 13.9 Å². The molecular formula is C19H15N3O4S. The Kier molecular flexibility index (Phi) is 4.47. The molecule has 136 valence electrons. The Morgan fingerprint density at radius 3 is 2.81 bits per heavy atom. The summed E-state index contributed by atoms with van der Waals surface area (Å²) in [7, 11) is 3.14. The molecule has 0 unspecified atom stereocenters. The molecule has 0 spiro atoms. The van der Waals surface area contributed by atoms with Crippen LogP contribution in [0.15, 0.2) is 62.6 Å². The van der Waals surface area contributed by atoms with Crippen molar-refractivity contribution in [1.82, 2.24) is 9.66 Å². The Hall–Kier alpha value is -3.39. The second kappa shape index (κ2) is 7.08. The second-order valence-corrected chi connectivity index (χ2v) is 6.42. The van der Waals surface area contributed by atoms with E-state index in [0.29, 0.717) is 33.0 Å². The van der Waals surface area contributed by atoms with Crippen LogP contribution in [0.25, 0.3) is 21.5 Å². The first kappa shape index (κ1) is 17.0. The van der Waals surface area contributed by atoms with E-state index in [1.165, 1.54) is 22.3 Å². The van der Waals surface area contributed by atoms with Gasteiger partial charge in [-0.25, -0.2) is 4.98 Å². The van der Waals surface area contributed by atoms with E-state index < -0.39 is 0 Å². The van der Waals surface area contributed by atoms with Gasteiger partial charge in [-0.15, -0.1) is 11.3 Å². The molecule has 0 aliphatic carbocycles. The predicted octanol–water partition coefficient (Wildman–Crippen LogP) is 3.62. The maximum Gasteiger partial charge on any atom is 0.283 e. The maximum absolute atomic E-state index is 12.9. The zero-order valence-corrected chi connectivity index (χ0v) is 15.4. The first-order valence-electron chi connectivity index (χ1n) is 8.00. The van der Waals surface area contributed by atoms with Gasteiger partial charge in [0.1, 0.15) is 16.9 Å². The molecule has 0 fully saturated rings. The lowest BCUT2D eigenvalue weighted by Crippen LogP contribution is -2.16. The van der Waals surface area contributed by atoms with Crippen molar-refractivity contribution in [2.45, 2.75) is 0 Å². The van der Waals surface area contributed by atoms with Crippen LogP contribution in [-0.4, -0.2) is 30.1 Å². The van der Waals surface area contributed by atoms with Crippen LogP contribution in [0.1, 0.15) is 5.56 Å². The fourth-order valence-corrected chi connectivity index (χ4v) is 3.57. The predicted molar refractivity (Wildman–Crippen MR) is 104 cm³/mol. The molecule has 0 atom stereocenters. The van der Waals surface area contributed by atoms with Crippen molar-refractivity contribution in [3.05, 3.63) is 64.2 Å². The van der Waals surface area contributed by atoms with Crippen molar-refractivity contribution in [2.75, 3.05) is 14.2 Å². The Labute approximate surface area is 158 Å². The number of aromatic nitrogens is 2. The number of nitrogens with zero attached hydrogens (tertiary/aromatic N) is 3. The van der Waals surface area contributed by atoms with Gasteiger partial charge in [0.05, 0.1) is 32.1 Å². The van der Waals surface area contributed by atoms with Crippen LogP contribution in [0.5, 0.6) is 11.5 Å². The van der Waals surface area contributed by atoms with Crippen LogP contribution in [0.4, 0.5) is 0 Å². The van der Waals surface area contributed by atoms with Crippen LogP contribution < -0.4 is 15.0 Å². The highest BCUT2D eigenvalue weighted by Gasteiger charge is 2.14. The van der Waals surface area contributed by atoms with Gasteiger partial charge in [0.2, 0.25) is 0 Å². The zero-order chi connectivity index (χ0) is 18.8. The number of hydrogen-bond acceptors (Lipinski definition) is 7. The highest BCUT2D eigenvalue weighted by Crippen LogP contribution is 2.30. The molecule has 3 heterocycles. The SMILES string of the molecule is COc1ccc(/C=N\n2cnc3scc(-c4ccco4)c3c2=O)cc1OC. The summed E-state index contributed by atoms with van der Waals surface area (Å²) in [5.41, 5.74) is 1.22. The molecule has 0 aliphatic rings. The van der Waals surface area contributed by atoms with E-state index in [-0.39, 0.29) is 5.56 Å². The molecule has 4 rings (SSSR count). The van der Waals surface area contributed by atoms with Crippen LogP contribution in [0.2, 0.25) is 0 Å². The normalized spacial score (nSPS) is 11.3. The Balaban J connectivity index is 1.74. The Morgan fingerprint density at radius 2 is 2.07 bits per heavy atom. The molecule has 0 radical (unpaired) electrons. The van der Waals surface area contributed by atoms with Gasteiger partial charge in [0.25, 0.3) is 5.56 Å². The van der Waals surface area contributed by atoms with Crippen LogP contribution >= 0.6 is 11.3 Å². The lowest BCUT2D eigenvalue weighted by Gasteiger charge is -2.07. The van der Waals surface area contributed by atoms with Crippen molar-refractivity contribution in [3.63, 3.8) is 0 Å². The van der Waals surface area contributed by atoms with Gasteiger partial charge in [-0.2, -0.15) is 9.78 Å². The number of furan rings is 1. The highest BCUT2D eigenvalue weighted by atomic mass is 32.1. The van der Waals surface area contributed by atoms with Crippen molar-refractivity contribution in [2.24, 2.45) is 5.10 Å². The summed E-state index contributed by atoms with van der Waals surface area (Å²) < 4.78 is 17.1. The third-order valence-electron chi connectivity index (χ3n) is 4.00. The van der Waals surface area contributed by atoms with Crippen molar-refractivity contribution < 1.29 is 13.9 Å². The fourth-order valence-electron chi connectivity index (χ4n) is 2.68. The van der Waals surface area contributed by atoms with Crippen LogP contribution in [-0.2, 0) is 0 Å². The van der Waals surface area contributed by atoms with E-state index in [9.17, 15) is 4.79 Å². The molecule has 0 saturated heterocycles. The molecule has 4 aromatic rings. The van der Waals surface area contributed by atoms with Crippen molar-refractivity contribution in [3.8, 4) is 22.8 Å². The van der Waals surface area contributed by atoms with E-state index in [1.54, 1.807) is 44.9 Å². The molecule has 1 aromatic carbocycles. The summed E-state index contributed by atoms with van der Waals surface area (Å²) in [5, 5.41) is 6.60. The van der Waals surface area contributed by atoms with Gasteiger partial charge >= 0.3 is 0 Å².